The van der Waals surface area contributed by atoms with Crippen LogP contribution in [-0.4, -0.2) is 6.61 Å². The highest BCUT2D eigenvalue weighted by Gasteiger charge is 2.20. The average Bonchev–Trinajstić information content (AvgIpc) is 2.85. The van der Waals surface area contributed by atoms with Gasteiger partial charge in [0.2, 0.25) is 0 Å². The van der Waals surface area contributed by atoms with Crippen LogP contribution < -0.4 is 4.74 Å². The third kappa shape index (κ3) is 8.23. The van der Waals surface area contributed by atoms with E-state index in [4.69, 9.17) is 4.74 Å². The summed E-state index contributed by atoms with van der Waals surface area (Å²) in [7, 11) is 0. The SMILES string of the molecule is CCCCCOc1ccc(C#C/C=C/C2CCC(c3ccc(CCCC)cc3)CC2)cc1. The maximum atomic E-state index is 5.77. The molecule has 2 aromatic rings. The van der Waals surface area contributed by atoms with Crippen LogP contribution >= 0.6 is 0 Å². The van der Waals surface area contributed by atoms with E-state index in [1.165, 1.54) is 68.9 Å². The van der Waals surface area contributed by atoms with Crippen LogP contribution in [0, 0.1) is 17.8 Å². The Balaban J connectivity index is 1.40. The Morgan fingerprint density at radius 1 is 0.844 bits per heavy atom. The molecule has 3 rings (SSSR count). The summed E-state index contributed by atoms with van der Waals surface area (Å²) in [6.07, 6.45) is 16.8. The first-order valence-electron chi connectivity index (χ1n) is 12.8. The molecule has 0 heterocycles. The molecule has 1 aliphatic carbocycles. The van der Waals surface area contributed by atoms with E-state index in [9.17, 15) is 0 Å². The van der Waals surface area contributed by atoms with Crippen molar-refractivity contribution in [2.45, 2.75) is 84.0 Å². The van der Waals surface area contributed by atoms with Crippen LogP contribution in [0.5, 0.6) is 5.75 Å². The van der Waals surface area contributed by atoms with Gasteiger partial charge in [0.1, 0.15) is 5.75 Å². The summed E-state index contributed by atoms with van der Waals surface area (Å²) in [5.41, 5.74) is 4.06. The summed E-state index contributed by atoms with van der Waals surface area (Å²) in [5, 5.41) is 0. The molecule has 32 heavy (non-hydrogen) atoms. The fourth-order valence-corrected chi connectivity index (χ4v) is 4.47. The van der Waals surface area contributed by atoms with E-state index >= 15 is 0 Å². The first-order chi connectivity index (χ1) is 15.8. The Labute approximate surface area is 196 Å². The normalized spacial score (nSPS) is 18.3. The summed E-state index contributed by atoms with van der Waals surface area (Å²) in [4.78, 5) is 0. The minimum Gasteiger partial charge on any atom is -0.494 e. The molecule has 1 heteroatoms. The Morgan fingerprint density at radius 3 is 2.25 bits per heavy atom. The van der Waals surface area contributed by atoms with E-state index in [2.05, 4.69) is 74.2 Å². The molecule has 0 aliphatic heterocycles. The van der Waals surface area contributed by atoms with Crippen LogP contribution in [-0.2, 0) is 6.42 Å². The lowest BCUT2D eigenvalue weighted by molar-refractivity contribution is 0.306. The second kappa shape index (κ2) is 13.8. The zero-order chi connectivity index (χ0) is 22.4. The van der Waals surface area contributed by atoms with Gasteiger partial charge in [0, 0.05) is 5.56 Å². The van der Waals surface area contributed by atoms with Crippen molar-refractivity contribution in [3.63, 3.8) is 0 Å². The number of unbranched alkanes of at least 4 members (excludes halogenated alkanes) is 3. The lowest BCUT2D eigenvalue weighted by Crippen LogP contribution is -2.11. The van der Waals surface area contributed by atoms with Crippen LogP contribution in [0.1, 0.15) is 94.2 Å². The lowest BCUT2D eigenvalue weighted by Gasteiger charge is -2.27. The zero-order valence-electron chi connectivity index (χ0n) is 20.1. The van der Waals surface area contributed by atoms with Gasteiger partial charge in [-0.05, 0) is 98.2 Å². The molecule has 170 valence electrons. The first-order valence-corrected chi connectivity index (χ1v) is 12.8. The molecule has 0 saturated heterocycles. The highest BCUT2D eigenvalue weighted by atomic mass is 16.5. The van der Waals surface area contributed by atoms with E-state index < -0.39 is 0 Å². The fraction of sp³-hybridized carbons (Fsp3) is 0.484. The zero-order valence-corrected chi connectivity index (χ0v) is 20.1. The molecular weight excluding hydrogens is 388 g/mol. The second-order valence-electron chi connectivity index (χ2n) is 9.17. The molecule has 0 N–H and O–H groups in total. The van der Waals surface area contributed by atoms with Crippen molar-refractivity contribution in [2.75, 3.05) is 6.61 Å². The van der Waals surface area contributed by atoms with Crippen molar-refractivity contribution < 1.29 is 4.74 Å². The smallest absolute Gasteiger partial charge is 0.119 e. The van der Waals surface area contributed by atoms with Crippen LogP contribution in [0.4, 0.5) is 0 Å². The van der Waals surface area contributed by atoms with Crippen LogP contribution in [0.3, 0.4) is 0 Å². The highest BCUT2D eigenvalue weighted by molar-refractivity contribution is 5.40. The van der Waals surface area contributed by atoms with Crippen molar-refractivity contribution in [3.8, 4) is 17.6 Å². The molecule has 0 spiro atoms. The minimum absolute atomic E-state index is 0.670. The van der Waals surface area contributed by atoms with Crippen molar-refractivity contribution >= 4 is 0 Å². The Kier molecular flexibility index (Phi) is 10.5. The van der Waals surface area contributed by atoms with Gasteiger partial charge in [0.25, 0.3) is 0 Å². The summed E-state index contributed by atoms with van der Waals surface area (Å²) in [5.74, 6) is 8.81. The molecule has 1 aliphatic rings. The number of benzene rings is 2. The maximum absolute atomic E-state index is 5.77. The predicted octanol–water partition coefficient (Wildman–Crippen LogP) is 8.48. The molecule has 1 nitrogen and oxygen atoms in total. The number of hydrogen-bond donors (Lipinski definition) is 0. The minimum atomic E-state index is 0.670. The number of hydrogen-bond acceptors (Lipinski definition) is 1. The van der Waals surface area contributed by atoms with E-state index in [0.717, 1.165) is 30.3 Å². The maximum Gasteiger partial charge on any atom is 0.119 e. The van der Waals surface area contributed by atoms with E-state index in [1.54, 1.807) is 0 Å². The number of allylic oxidation sites excluding steroid dienone is 2. The van der Waals surface area contributed by atoms with Crippen molar-refractivity contribution in [3.05, 3.63) is 77.4 Å². The van der Waals surface area contributed by atoms with Crippen LogP contribution in [0.15, 0.2) is 60.7 Å². The summed E-state index contributed by atoms with van der Waals surface area (Å²) < 4.78 is 5.77. The molecule has 1 fully saturated rings. The van der Waals surface area contributed by atoms with Gasteiger partial charge >= 0.3 is 0 Å². The largest absolute Gasteiger partial charge is 0.494 e. The Morgan fingerprint density at radius 2 is 1.56 bits per heavy atom. The van der Waals surface area contributed by atoms with Crippen molar-refractivity contribution in [1.29, 1.82) is 0 Å². The van der Waals surface area contributed by atoms with Crippen molar-refractivity contribution in [2.24, 2.45) is 5.92 Å². The van der Waals surface area contributed by atoms with E-state index in [-0.39, 0.29) is 0 Å². The molecule has 0 aromatic heterocycles. The number of ether oxygens (including phenoxy) is 1. The highest BCUT2D eigenvalue weighted by Crippen LogP contribution is 2.36. The molecule has 1 saturated carbocycles. The Bertz CT molecular complexity index is 855. The fourth-order valence-electron chi connectivity index (χ4n) is 4.47. The average molecular weight is 429 g/mol. The predicted molar refractivity (Wildman–Crippen MR) is 137 cm³/mol. The van der Waals surface area contributed by atoms with Gasteiger partial charge in [-0.1, -0.05) is 75.3 Å². The molecular formula is C31H40O. The van der Waals surface area contributed by atoms with Gasteiger partial charge in [0.05, 0.1) is 6.61 Å². The van der Waals surface area contributed by atoms with Crippen LogP contribution in [0.25, 0.3) is 0 Å². The molecule has 0 atom stereocenters. The standard InChI is InChI=1S/C31H40O/c1-3-5-9-25-32-31-23-17-28(18-24-31)12-8-7-11-27-15-21-30(22-16-27)29-19-13-26(14-20-29)10-6-4-2/h7,11,13-14,17-20,23-24,27,30H,3-6,9-10,15-16,21-22,25H2,1-2H3/b11-7+. The van der Waals surface area contributed by atoms with Gasteiger partial charge in [-0.25, -0.2) is 0 Å². The van der Waals surface area contributed by atoms with Gasteiger partial charge in [-0.2, -0.15) is 0 Å². The summed E-state index contributed by atoms with van der Waals surface area (Å²) >= 11 is 0. The van der Waals surface area contributed by atoms with Gasteiger partial charge in [0.15, 0.2) is 0 Å². The van der Waals surface area contributed by atoms with Crippen molar-refractivity contribution in [1.82, 2.24) is 0 Å². The van der Waals surface area contributed by atoms with E-state index in [0.29, 0.717) is 5.92 Å². The topological polar surface area (TPSA) is 9.23 Å². The Hall–Kier alpha value is -2.46. The molecule has 0 bridgehead atoms. The van der Waals surface area contributed by atoms with Gasteiger partial charge < -0.3 is 4.74 Å². The lowest BCUT2D eigenvalue weighted by atomic mass is 9.78. The van der Waals surface area contributed by atoms with Crippen LogP contribution in [0.2, 0.25) is 0 Å². The first kappa shape index (κ1) is 24.2. The second-order valence-corrected chi connectivity index (χ2v) is 9.17. The summed E-state index contributed by atoms with van der Waals surface area (Å²) in [6.45, 7) is 5.27. The third-order valence-corrected chi connectivity index (χ3v) is 6.58. The molecule has 0 radical (unpaired) electrons. The molecule has 0 amide bonds. The third-order valence-electron chi connectivity index (χ3n) is 6.58. The number of rotatable bonds is 10. The molecule has 0 unspecified atom stereocenters. The van der Waals surface area contributed by atoms with Gasteiger partial charge in [-0.3, -0.25) is 0 Å². The monoisotopic (exact) mass is 428 g/mol. The molecule has 2 aromatic carbocycles. The van der Waals surface area contributed by atoms with E-state index in [1.807, 2.05) is 12.1 Å². The quantitative estimate of drug-likeness (QED) is 0.272. The van der Waals surface area contributed by atoms with Gasteiger partial charge in [-0.15, -0.1) is 0 Å². The number of aryl methyl sites for hydroxylation is 1. The summed E-state index contributed by atoms with van der Waals surface area (Å²) in [6, 6.07) is 17.6.